The van der Waals surface area contributed by atoms with Crippen LogP contribution in [0.2, 0.25) is 10.0 Å². The summed E-state index contributed by atoms with van der Waals surface area (Å²) in [4.78, 5) is 19.2. The third kappa shape index (κ3) is 3.72. The lowest BCUT2D eigenvalue weighted by molar-refractivity contribution is 0.0648. The van der Waals surface area contributed by atoms with E-state index in [4.69, 9.17) is 28.9 Å². The van der Waals surface area contributed by atoms with Gasteiger partial charge in [0, 0.05) is 25.6 Å². The van der Waals surface area contributed by atoms with Crippen LogP contribution in [-0.2, 0) is 6.42 Å². The predicted octanol–water partition coefficient (Wildman–Crippen LogP) is 3.34. The summed E-state index contributed by atoms with van der Waals surface area (Å²) >= 11 is 12.6. The van der Waals surface area contributed by atoms with E-state index in [1.165, 1.54) is 0 Å². The van der Waals surface area contributed by atoms with Gasteiger partial charge in [0.05, 0.1) is 10.0 Å². The molecule has 1 aromatic carbocycles. The van der Waals surface area contributed by atoms with Crippen LogP contribution in [0.5, 0.6) is 0 Å². The summed E-state index contributed by atoms with van der Waals surface area (Å²) < 4.78 is 1.57. The monoisotopic (exact) mass is 395 g/mol. The number of amides is 1. The maximum Gasteiger partial charge on any atom is 0.293 e. The number of rotatable bonds is 4. The summed E-state index contributed by atoms with van der Waals surface area (Å²) in [5.41, 5.74) is 6.57. The Hall–Kier alpha value is -1.63. The van der Waals surface area contributed by atoms with Crippen molar-refractivity contribution < 1.29 is 4.79 Å². The molecule has 0 aliphatic carbocycles. The number of hydrogen-bond donors (Lipinski definition) is 1. The SMILES string of the molecule is CCc1nc(C(=O)N2CCCC(C(C)N)C2)nn1-c1c(Cl)cccc1Cl. The third-order valence-electron chi connectivity index (χ3n) is 4.82. The van der Waals surface area contributed by atoms with Crippen molar-refractivity contribution in [3.63, 3.8) is 0 Å². The summed E-state index contributed by atoms with van der Waals surface area (Å²) in [6.45, 7) is 5.27. The Kier molecular flexibility index (Phi) is 5.85. The number of piperidine rings is 1. The first-order valence-electron chi connectivity index (χ1n) is 8.87. The number of para-hydroxylation sites is 1. The Labute approximate surface area is 163 Å². The Balaban J connectivity index is 1.92. The minimum absolute atomic E-state index is 0.0595. The van der Waals surface area contributed by atoms with E-state index in [9.17, 15) is 4.79 Å². The Morgan fingerprint density at radius 3 is 2.69 bits per heavy atom. The predicted molar refractivity (Wildman–Crippen MR) is 103 cm³/mol. The van der Waals surface area contributed by atoms with Crippen LogP contribution < -0.4 is 5.73 Å². The molecule has 1 fully saturated rings. The molecular weight excluding hydrogens is 373 g/mol. The summed E-state index contributed by atoms with van der Waals surface area (Å²) in [6, 6.07) is 5.31. The number of aromatic nitrogens is 3. The topological polar surface area (TPSA) is 77.0 Å². The van der Waals surface area contributed by atoms with Gasteiger partial charge in [-0.3, -0.25) is 4.79 Å². The maximum atomic E-state index is 12.9. The second kappa shape index (κ2) is 7.94. The number of nitrogens with zero attached hydrogens (tertiary/aromatic N) is 4. The molecule has 0 bridgehead atoms. The number of halogens is 2. The molecule has 2 unspecified atom stereocenters. The van der Waals surface area contributed by atoms with Crippen molar-refractivity contribution in [2.75, 3.05) is 13.1 Å². The van der Waals surface area contributed by atoms with Crippen molar-refractivity contribution in [2.45, 2.75) is 39.2 Å². The molecule has 0 saturated carbocycles. The van der Waals surface area contributed by atoms with Crippen LogP contribution in [0.15, 0.2) is 18.2 Å². The highest BCUT2D eigenvalue weighted by Gasteiger charge is 2.29. The van der Waals surface area contributed by atoms with E-state index in [-0.39, 0.29) is 17.8 Å². The first kappa shape index (κ1) is 19.1. The summed E-state index contributed by atoms with van der Waals surface area (Å²) in [5, 5.41) is 5.36. The second-order valence-corrected chi connectivity index (χ2v) is 7.51. The molecular formula is C18H23Cl2N5O. The molecule has 2 N–H and O–H groups in total. The van der Waals surface area contributed by atoms with Crippen LogP contribution in [0.4, 0.5) is 0 Å². The van der Waals surface area contributed by atoms with Crippen molar-refractivity contribution in [3.05, 3.63) is 39.9 Å². The lowest BCUT2D eigenvalue weighted by Crippen LogP contribution is -2.45. The van der Waals surface area contributed by atoms with E-state index in [0.29, 0.717) is 47.0 Å². The highest BCUT2D eigenvalue weighted by atomic mass is 35.5. The minimum atomic E-state index is -0.174. The third-order valence-corrected chi connectivity index (χ3v) is 5.43. The highest BCUT2D eigenvalue weighted by Crippen LogP contribution is 2.29. The minimum Gasteiger partial charge on any atom is -0.336 e. The van der Waals surface area contributed by atoms with Gasteiger partial charge in [-0.2, -0.15) is 0 Å². The van der Waals surface area contributed by atoms with Crippen molar-refractivity contribution in [1.29, 1.82) is 0 Å². The average Bonchev–Trinajstić information content (AvgIpc) is 3.05. The number of likely N-dealkylation sites (tertiary alicyclic amines) is 1. The lowest BCUT2D eigenvalue weighted by atomic mass is 9.92. The van der Waals surface area contributed by atoms with Gasteiger partial charge in [0.1, 0.15) is 11.5 Å². The molecule has 2 heterocycles. The average molecular weight is 396 g/mol. The van der Waals surface area contributed by atoms with E-state index in [1.54, 1.807) is 27.8 Å². The highest BCUT2D eigenvalue weighted by molar-refractivity contribution is 6.37. The lowest BCUT2D eigenvalue weighted by Gasteiger charge is -2.33. The second-order valence-electron chi connectivity index (χ2n) is 6.70. The molecule has 2 atom stereocenters. The fourth-order valence-electron chi connectivity index (χ4n) is 3.30. The molecule has 1 aromatic heterocycles. The van der Waals surface area contributed by atoms with Gasteiger partial charge in [-0.05, 0) is 37.8 Å². The van der Waals surface area contributed by atoms with Gasteiger partial charge in [-0.25, -0.2) is 9.67 Å². The van der Waals surface area contributed by atoms with E-state index in [1.807, 2.05) is 13.8 Å². The Morgan fingerprint density at radius 1 is 1.38 bits per heavy atom. The van der Waals surface area contributed by atoms with E-state index < -0.39 is 0 Å². The fourth-order valence-corrected chi connectivity index (χ4v) is 3.86. The van der Waals surface area contributed by atoms with Gasteiger partial charge in [0.15, 0.2) is 0 Å². The number of hydrogen-bond acceptors (Lipinski definition) is 4. The normalized spacial score (nSPS) is 18.8. The van der Waals surface area contributed by atoms with E-state index >= 15 is 0 Å². The largest absolute Gasteiger partial charge is 0.336 e. The van der Waals surface area contributed by atoms with Crippen molar-refractivity contribution in [2.24, 2.45) is 11.7 Å². The van der Waals surface area contributed by atoms with Crippen LogP contribution in [0, 0.1) is 5.92 Å². The molecule has 1 aliphatic rings. The molecule has 1 saturated heterocycles. The number of nitrogens with two attached hydrogens (primary N) is 1. The first-order valence-corrected chi connectivity index (χ1v) is 9.63. The molecule has 0 spiro atoms. The fraction of sp³-hybridized carbons (Fsp3) is 0.500. The molecule has 1 amide bonds. The van der Waals surface area contributed by atoms with E-state index in [0.717, 1.165) is 12.8 Å². The molecule has 26 heavy (non-hydrogen) atoms. The molecule has 140 valence electrons. The van der Waals surface area contributed by atoms with Gasteiger partial charge in [0.2, 0.25) is 5.82 Å². The van der Waals surface area contributed by atoms with Gasteiger partial charge in [-0.15, -0.1) is 5.10 Å². The molecule has 1 aliphatic heterocycles. The summed E-state index contributed by atoms with van der Waals surface area (Å²) in [7, 11) is 0. The van der Waals surface area contributed by atoms with Crippen molar-refractivity contribution >= 4 is 29.1 Å². The van der Waals surface area contributed by atoms with Crippen LogP contribution >= 0.6 is 23.2 Å². The Morgan fingerprint density at radius 2 is 2.08 bits per heavy atom. The van der Waals surface area contributed by atoms with Gasteiger partial charge < -0.3 is 10.6 Å². The zero-order chi connectivity index (χ0) is 18.8. The van der Waals surface area contributed by atoms with Gasteiger partial charge in [0.25, 0.3) is 5.91 Å². The number of carbonyl (C=O) groups is 1. The van der Waals surface area contributed by atoms with E-state index in [2.05, 4.69) is 10.1 Å². The Bertz CT molecular complexity index is 785. The van der Waals surface area contributed by atoms with Crippen molar-refractivity contribution in [1.82, 2.24) is 19.7 Å². The maximum absolute atomic E-state index is 12.9. The zero-order valence-corrected chi connectivity index (χ0v) is 16.5. The number of benzene rings is 1. The molecule has 2 aromatic rings. The number of carbonyl (C=O) groups excluding carboxylic acids is 1. The molecule has 3 rings (SSSR count). The standard InChI is InChI=1S/C18H23Cl2N5O/c1-3-15-22-17(18(26)24-9-5-6-12(10-24)11(2)21)23-25(15)16-13(19)7-4-8-14(16)20/h4,7-8,11-12H,3,5-6,9-10,21H2,1-2H3. The smallest absolute Gasteiger partial charge is 0.293 e. The van der Waals surface area contributed by atoms with Crippen LogP contribution in [0.1, 0.15) is 43.1 Å². The number of aryl methyl sites for hydroxylation is 1. The molecule has 0 radical (unpaired) electrons. The van der Waals surface area contributed by atoms with Gasteiger partial charge in [-0.1, -0.05) is 36.2 Å². The summed E-state index contributed by atoms with van der Waals surface area (Å²) in [5.74, 6) is 0.942. The zero-order valence-electron chi connectivity index (χ0n) is 15.0. The van der Waals surface area contributed by atoms with Crippen molar-refractivity contribution in [3.8, 4) is 5.69 Å². The van der Waals surface area contributed by atoms with Gasteiger partial charge >= 0.3 is 0 Å². The quantitative estimate of drug-likeness (QED) is 0.860. The first-order chi connectivity index (χ1) is 12.4. The summed E-state index contributed by atoms with van der Waals surface area (Å²) in [6.07, 6.45) is 2.58. The molecule has 8 heteroatoms. The van der Waals surface area contributed by atoms with Crippen LogP contribution in [0.25, 0.3) is 5.69 Å². The van der Waals surface area contributed by atoms with Crippen LogP contribution in [-0.4, -0.2) is 44.7 Å². The van der Waals surface area contributed by atoms with Crippen LogP contribution in [0.3, 0.4) is 0 Å². The molecule has 6 nitrogen and oxygen atoms in total.